The van der Waals surface area contributed by atoms with Crippen LogP contribution in [0.3, 0.4) is 0 Å². The van der Waals surface area contributed by atoms with Crippen LogP contribution in [0.15, 0.2) is 47.6 Å². The van der Waals surface area contributed by atoms with Gasteiger partial charge in [0.25, 0.3) is 5.91 Å². The number of nitrogens with zero attached hydrogens (tertiary/aromatic N) is 2. The Morgan fingerprint density at radius 1 is 1.21 bits per heavy atom. The van der Waals surface area contributed by atoms with E-state index in [-0.39, 0.29) is 11.9 Å². The molecule has 0 atom stereocenters. The van der Waals surface area contributed by atoms with Crippen molar-refractivity contribution in [3.05, 3.63) is 53.2 Å². The largest absolute Gasteiger partial charge is 0.339 e. The summed E-state index contributed by atoms with van der Waals surface area (Å²) in [4.78, 5) is 31.0. The average Bonchev–Trinajstić information content (AvgIpc) is 2.74. The quantitative estimate of drug-likeness (QED) is 0.716. The highest BCUT2D eigenvalue weighted by Crippen LogP contribution is 2.23. The first-order valence-corrected chi connectivity index (χ1v) is 10.8. The number of nitrogens with one attached hydrogen (secondary N) is 2. The number of piperidine rings is 1. The fraction of sp³-hybridized carbons (Fsp3) is 0.350. The molecule has 1 aliphatic rings. The lowest BCUT2D eigenvalue weighted by Gasteiger charge is -2.32. The first-order valence-electron chi connectivity index (χ1n) is 9.16. The fourth-order valence-electron chi connectivity index (χ4n) is 3.19. The molecular formula is C20H23ClN4O2S. The highest BCUT2D eigenvalue weighted by molar-refractivity contribution is 7.98. The Hall–Kier alpha value is -2.25. The van der Waals surface area contributed by atoms with Gasteiger partial charge in [-0.05, 0) is 49.3 Å². The molecule has 3 amide bonds. The van der Waals surface area contributed by atoms with E-state index in [1.165, 1.54) is 11.8 Å². The minimum Gasteiger partial charge on any atom is -0.339 e. The summed E-state index contributed by atoms with van der Waals surface area (Å²) in [6, 6.07) is 10.5. The van der Waals surface area contributed by atoms with E-state index >= 15 is 0 Å². The van der Waals surface area contributed by atoms with E-state index in [4.69, 9.17) is 11.6 Å². The van der Waals surface area contributed by atoms with Gasteiger partial charge >= 0.3 is 6.03 Å². The van der Waals surface area contributed by atoms with Crippen LogP contribution >= 0.6 is 23.4 Å². The van der Waals surface area contributed by atoms with E-state index in [0.717, 1.165) is 17.9 Å². The number of carbonyl (C=O) groups is 2. The number of urea groups is 1. The third-order valence-corrected chi connectivity index (χ3v) is 5.81. The summed E-state index contributed by atoms with van der Waals surface area (Å²) >= 11 is 7.53. The number of para-hydroxylation sites is 1. The second kappa shape index (κ2) is 9.80. The summed E-state index contributed by atoms with van der Waals surface area (Å²) in [5, 5.41) is 6.91. The predicted octanol–water partition coefficient (Wildman–Crippen LogP) is 4.13. The normalized spacial score (nSPS) is 14.6. The number of aromatic nitrogens is 1. The summed E-state index contributed by atoms with van der Waals surface area (Å²) in [6.07, 6.45) is 5.33. The molecule has 148 valence electrons. The van der Waals surface area contributed by atoms with Gasteiger partial charge in [0.15, 0.2) is 0 Å². The second-order valence-electron chi connectivity index (χ2n) is 6.61. The maximum Gasteiger partial charge on any atom is 0.319 e. The van der Waals surface area contributed by atoms with E-state index in [0.29, 0.717) is 41.8 Å². The van der Waals surface area contributed by atoms with E-state index in [1.54, 1.807) is 24.4 Å². The van der Waals surface area contributed by atoms with Crippen LogP contribution in [0.4, 0.5) is 10.5 Å². The van der Waals surface area contributed by atoms with Crippen LogP contribution in [0.2, 0.25) is 5.02 Å². The van der Waals surface area contributed by atoms with Crippen LogP contribution in [0, 0.1) is 5.92 Å². The van der Waals surface area contributed by atoms with Crippen molar-refractivity contribution in [3.63, 3.8) is 0 Å². The van der Waals surface area contributed by atoms with Gasteiger partial charge in [-0.25, -0.2) is 9.78 Å². The van der Waals surface area contributed by atoms with Crippen LogP contribution < -0.4 is 10.6 Å². The van der Waals surface area contributed by atoms with E-state index < -0.39 is 0 Å². The standard InChI is InChI=1S/C20H23ClN4O2S/c1-28-18-15(5-4-10-22-18)19(26)25-11-8-14(9-12-25)13-23-20(27)24-17-7-3-2-6-16(17)21/h2-7,10,14H,8-9,11-13H2,1H3,(H2,23,24,27). The summed E-state index contributed by atoms with van der Waals surface area (Å²) in [6.45, 7) is 1.93. The molecule has 1 aromatic heterocycles. The Bertz CT molecular complexity index is 840. The SMILES string of the molecule is CSc1ncccc1C(=O)N1CCC(CNC(=O)Nc2ccccc2Cl)CC1. The van der Waals surface area contributed by atoms with E-state index in [2.05, 4.69) is 15.6 Å². The zero-order valence-corrected chi connectivity index (χ0v) is 17.2. The van der Waals surface area contributed by atoms with Crippen molar-refractivity contribution in [1.82, 2.24) is 15.2 Å². The molecule has 0 bridgehead atoms. The number of halogens is 1. The third kappa shape index (κ3) is 5.17. The number of benzene rings is 1. The highest BCUT2D eigenvalue weighted by atomic mass is 35.5. The molecule has 1 aromatic carbocycles. The average molecular weight is 419 g/mol. The highest BCUT2D eigenvalue weighted by Gasteiger charge is 2.25. The molecule has 0 saturated carbocycles. The molecule has 1 fully saturated rings. The monoisotopic (exact) mass is 418 g/mol. The number of amides is 3. The van der Waals surface area contributed by atoms with Crippen LogP contribution in [0.5, 0.6) is 0 Å². The van der Waals surface area contributed by atoms with Crippen LogP contribution in [-0.2, 0) is 0 Å². The van der Waals surface area contributed by atoms with Crippen LogP contribution in [0.1, 0.15) is 23.2 Å². The molecule has 0 unspecified atom stereocenters. The third-order valence-electron chi connectivity index (χ3n) is 4.77. The molecule has 0 aliphatic carbocycles. The Balaban J connectivity index is 1.46. The predicted molar refractivity (Wildman–Crippen MR) is 113 cm³/mol. The van der Waals surface area contributed by atoms with Crippen molar-refractivity contribution in [3.8, 4) is 0 Å². The second-order valence-corrected chi connectivity index (χ2v) is 7.81. The number of hydrogen-bond donors (Lipinski definition) is 2. The molecule has 1 aliphatic heterocycles. The van der Waals surface area contributed by atoms with Gasteiger partial charge in [0.1, 0.15) is 5.03 Å². The van der Waals surface area contributed by atoms with Gasteiger partial charge in [-0.1, -0.05) is 23.7 Å². The lowest BCUT2D eigenvalue weighted by molar-refractivity contribution is 0.0686. The smallest absolute Gasteiger partial charge is 0.319 e. The molecule has 6 nitrogen and oxygen atoms in total. The molecular weight excluding hydrogens is 396 g/mol. The minimum atomic E-state index is -0.272. The number of thioether (sulfide) groups is 1. The number of anilines is 1. The van der Waals surface area contributed by atoms with Gasteiger partial charge in [0, 0.05) is 25.8 Å². The van der Waals surface area contributed by atoms with Crippen molar-refractivity contribution < 1.29 is 9.59 Å². The lowest BCUT2D eigenvalue weighted by Crippen LogP contribution is -2.42. The maximum atomic E-state index is 12.8. The van der Waals surface area contributed by atoms with Gasteiger partial charge in [-0.2, -0.15) is 0 Å². The number of rotatable bonds is 5. The Kier molecular flexibility index (Phi) is 7.17. The van der Waals surface area contributed by atoms with Gasteiger partial charge in [-0.15, -0.1) is 11.8 Å². The maximum absolute atomic E-state index is 12.8. The van der Waals surface area contributed by atoms with Gasteiger partial charge in [0.2, 0.25) is 0 Å². The molecule has 2 heterocycles. The van der Waals surface area contributed by atoms with E-state index in [1.807, 2.05) is 29.4 Å². The Morgan fingerprint density at radius 2 is 1.96 bits per heavy atom. The van der Waals surface area contributed by atoms with Gasteiger partial charge in [-0.3, -0.25) is 4.79 Å². The minimum absolute atomic E-state index is 0.0281. The van der Waals surface area contributed by atoms with Crippen molar-refractivity contribution >= 4 is 41.0 Å². The molecule has 8 heteroatoms. The Labute approximate surface area is 174 Å². The van der Waals surface area contributed by atoms with Crippen LogP contribution in [0.25, 0.3) is 0 Å². The summed E-state index contributed by atoms with van der Waals surface area (Å²) in [7, 11) is 0. The first-order chi connectivity index (χ1) is 13.6. The van der Waals surface area contributed by atoms with Crippen molar-refractivity contribution in [2.24, 2.45) is 5.92 Å². The number of pyridine rings is 1. The Morgan fingerprint density at radius 3 is 2.68 bits per heavy atom. The lowest BCUT2D eigenvalue weighted by atomic mass is 9.96. The molecule has 2 aromatic rings. The molecule has 3 rings (SSSR count). The van der Waals surface area contributed by atoms with Crippen molar-refractivity contribution in [1.29, 1.82) is 0 Å². The van der Waals surface area contributed by atoms with Crippen molar-refractivity contribution in [2.75, 3.05) is 31.2 Å². The number of likely N-dealkylation sites (tertiary alicyclic amines) is 1. The van der Waals surface area contributed by atoms with Crippen LogP contribution in [-0.4, -0.2) is 47.7 Å². The molecule has 0 spiro atoms. The summed E-state index contributed by atoms with van der Waals surface area (Å²) in [5.74, 6) is 0.371. The summed E-state index contributed by atoms with van der Waals surface area (Å²) < 4.78 is 0. The summed E-state index contributed by atoms with van der Waals surface area (Å²) in [5.41, 5.74) is 1.24. The van der Waals surface area contributed by atoms with E-state index in [9.17, 15) is 9.59 Å². The van der Waals surface area contributed by atoms with Gasteiger partial charge in [0.05, 0.1) is 16.3 Å². The van der Waals surface area contributed by atoms with Gasteiger partial charge < -0.3 is 15.5 Å². The molecule has 1 saturated heterocycles. The molecule has 2 N–H and O–H groups in total. The topological polar surface area (TPSA) is 74.3 Å². The molecule has 0 radical (unpaired) electrons. The zero-order chi connectivity index (χ0) is 19.9. The van der Waals surface area contributed by atoms with Crippen molar-refractivity contribution in [2.45, 2.75) is 17.9 Å². The first kappa shape index (κ1) is 20.5. The number of carbonyl (C=O) groups excluding carboxylic acids is 2. The zero-order valence-electron chi connectivity index (χ0n) is 15.7. The molecule has 28 heavy (non-hydrogen) atoms. The number of hydrogen-bond acceptors (Lipinski definition) is 4. The fourth-order valence-corrected chi connectivity index (χ4v) is 3.92.